The highest BCUT2D eigenvalue weighted by Gasteiger charge is 2.14. The Morgan fingerprint density at radius 3 is 2.76 bits per heavy atom. The normalized spacial score (nSPS) is 11.2. The molecule has 0 aliphatic carbocycles. The van der Waals surface area contributed by atoms with Crippen LogP contribution in [0.4, 0.5) is 5.82 Å². The van der Waals surface area contributed by atoms with Gasteiger partial charge in [0.25, 0.3) is 0 Å². The number of nitrogen functional groups attached to an aromatic ring is 1. The van der Waals surface area contributed by atoms with Gasteiger partial charge in [0.2, 0.25) is 0 Å². The standard InChI is InChI=1S/C13H13N3S/c1-8-7-10(9(2)17-8)12-13(14)16-6-4-3-5-11(16)15-12/h3-7H,14H2,1-2H3. The summed E-state index contributed by atoms with van der Waals surface area (Å²) in [6.07, 6.45) is 1.94. The van der Waals surface area contributed by atoms with Crippen molar-refractivity contribution in [2.24, 2.45) is 0 Å². The van der Waals surface area contributed by atoms with Crippen molar-refractivity contribution in [2.45, 2.75) is 13.8 Å². The summed E-state index contributed by atoms with van der Waals surface area (Å²) in [5, 5.41) is 0. The van der Waals surface area contributed by atoms with E-state index in [9.17, 15) is 0 Å². The molecule has 0 aliphatic heterocycles. The molecule has 0 fully saturated rings. The van der Waals surface area contributed by atoms with Gasteiger partial charge in [0.05, 0.1) is 0 Å². The highest BCUT2D eigenvalue weighted by Crippen LogP contribution is 2.33. The highest BCUT2D eigenvalue weighted by molar-refractivity contribution is 7.12. The predicted molar refractivity (Wildman–Crippen MR) is 72.4 cm³/mol. The first kappa shape index (κ1) is 10.4. The van der Waals surface area contributed by atoms with Gasteiger partial charge in [0.15, 0.2) is 0 Å². The molecule has 3 aromatic rings. The van der Waals surface area contributed by atoms with Crippen LogP contribution in [0.1, 0.15) is 9.75 Å². The van der Waals surface area contributed by atoms with E-state index in [1.165, 1.54) is 9.75 Å². The second-order valence-corrected chi connectivity index (χ2v) is 5.56. The van der Waals surface area contributed by atoms with Crippen molar-refractivity contribution in [3.05, 3.63) is 40.2 Å². The summed E-state index contributed by atoms with van der Waals surface area (Å²) in [4.78, 5) is 7.15. The molecule has 0 unspecified atom stereocenters. The zero-order valence-corrected chi connectivity index (χ0v) is 10.6. The van der Waals surface area contributed by atoms with Gasteiger partial charge in [-0.1, -0.05) is 6.07 Å². The molecule has 3 nitrogen and oxygen atoms in total. The van der Waals surface area contributed by atoms with Gasteiger partial charge >= 0.3 is 0 Å². The molecule has 86 valence electrons. The molecule has 0 amide bonds. The summed E-state index contributed by atoms with van der Waals surface area (Å²) in [5.41, 5.74) is 9.08. The topological polar surface area (TPSA) is 43.3 Å². The van der Waals surface area contributed by atoms with Crippen LogP contribution in [0.2, 0.25) is 0 Å². The van der Waals surface area contributed by atoms with Gasteiger partial charge in [-0.3, -0.25) is 4.40 Å². The van der Waals surface area contributed by atoms with Crippen molar-refractivity contribution in [3.63, 3.8) is 0 Å². The minimum absolute atomic E-state index is 0.710. The molecular weight excluding hydrogens is 230 g/mol. The Kier molecular flexibility index (Phi) is 2.19. The zero-order valence-electron chi connectivity index (χ0n) is 9.77. The Labute approximate surface area is 104 Å². The van der Waals surface area contributed by atoms with Crippen molar-refractivity contribution in [1.82, 2.24) is 9.38 Å². The molecule has 0 radical (unpaired) electrons. The van der Waals surface area contributed by atoms with E-state index in [2.05, 4.69) is 24.9 Å². The summed E-state index contributed by atoms with van der Waals surface area (Å²) in [5.74, 6) is 0.710. The van der Waals surface area contributed by atoms with E-state index < -0.39 is 0 Å². The van der Waals surface area contributed by atoms with Crippen LogP contribution in [0.25, 0.3) is 16.9 Å². The third kappa shape index (κ3) is 1.52. The Morgan fingerprint density at radius 2 is 2.12 bits per heavy atom. The van der Waals surface area contributed by atoms with Crippen LogP contribution in [0, 0.1) is 13.8 Å². The molecule has 3 heterocycles. The van der Waals surface area contributed by atoms with Crippen LogP contribution in [-0.2, 0) is 0 Å². The lowest BCUT2D eigenvalue weighted by Gasteiger charge is -1.97. The minimum Gasteiger partial charge on any atom is -0.383 e. The first-order chi connectivity index (χ1) is 8.16. The van der Waals surface area contributed by atoms with E-state index in [4.69, 9.17) is 5.73 Å². The molecular formula is C13H13N3S. The fourth-order valence-electron chi connectivity index (χ4n) is 2.08. The van der Waals surface area contributed by atoms with Gasteiger partial charge in [-0.25, -0.2) is 4.98 Å². The molecule has 0 saturated carbocycles. The van der Waals surface area contributed by atoms with Crippen molar-refractivity contribution in [3.8, 4) is 11.3 Å². The molecule has 0 bridgehead atoms. The van der Waals surface area contributed by atoms with E-state index in [-0.39, 0.29) is 0 Å². The number of anilines is 1. The number of fused-ring (bicyclic) bond motifs is 1. The monoisotopic (exact) mass is 243 g/mol. The smallest absolute Gasteiger partial charge is 0.139 e. The molecule has 3 aromatic heterocycles. The van der Waals surface area contributed by atoms with Crippen molar-refractivity contribution in [1.29, 1.82) is 0 Å². The Hall–Kier alpha value is -1.81. The quantitative estimate of drug-likeness (QED) is 0.713. The fourth-order valence-corrected chi connectivity index (χ4v) is 3.00. The average Bonchev–Trinajstić information content (AvgIpc) is 2.80. The second-order valence-electron chi connectivity index (χ2n) is 4.10. The van der Waals surface area contributed by atoms with Crippen molar-refractivity contribution in [2.75, 3.05) is 5.73 Å². The molecule has 2 N–H and O–H groups in total. The maximum atomic E-state index is 6.15. The van der Waals surface area contributed by atoms with Gasteiger partial charge in [-0.05, 0) is 32.0 Å². The molecule has 0 aliphatic rings. The van der Waals surface area contributed by atoms with Crippen LogP contribution < -0.4 is 5.73 Å². The molecule has 17 heavy (non-hydrogen) atoms. The van der Waals surface area contributed by atoms with Crippen LogP contribution in [0.15, 0.2) is 30.5 Å². The zero-order chi connectivity index (χ0) is 12.0. The van der Waals surface area contributed by atoms with Crippen LogP contribution in [0.5, 0.6) is 0 Å². The summed E-state index contributed by atoms with van der Waals surface area (Å²) in [6, 6.07) is 8.05. The number of rotatable bonds is 1. The summed E-state index contributed by atoms with van der Waals surface area (Å²) < 4.78 is 1.92. The largest absolute Gasteiger partial charge is 0.383 e. The number of imidazole rings is 1. The first-order valence-corrected chi connectivity index (χ1v) is 6.28. The first-order valence-electron chi connectivity index (χ1n) is 5.47. The molecule has 0 spiro atoms. The number of nitrogens with two attached hydrogens (primary N) is 1. The van der Waals surface area contributed by atoms with E-state index in [1.807, 2.05) is 28.8 Å². The molecule has 0 aromatic carbocycles. The minimum atomic E-state index is 0.710. The number of hydrogen-bond donors (Lipinski definition) is 1. The number of aryl methyl sites for hydroxylation is 2. The molecule has 3 rings (SSSR count). The number of aromatic nitrogens is 2. The highest BCUT2D eigenvalue weighted by atomic mass is 32.1. The lowest BCUT2D eigenvalue weighted by atomic mass is 10.2. The maximum absolute atomic E-state index is 6.15. The van der Waals surface area contributed by atoms with E-state index in [1.54, 1.807) is 11.3 Å². The SMILES string of the molecule is Cc1cc(-c2nc3ccccn3c2N)c(C)s1. The number of nitrogens with zero attached hydrogens (tertiary/aromatic N) is 2. The van der Waals surface area contributed by atoms with Gasteiger partial charge in [0.1, 0.15) is 17.2 Å². The number of thiophene rings is 1. The Bertz CT molecular complexity index is 694. The molecule has 0 saturated heterocycles. The molecule has 4 heteroatoms. The van der Waals surface area contributed by atoms with Crippen molar-refractivity contribution >= 4 is 22.8 Å². The second kappa shape index (κ2) is 3.60. The van der Waals surface area contributed by atoms with Gasteiger partial charge in [-0.15, -0.1) is 11.3 Å². The fraction of sp³-hybridized carbons (Fsp3) is 0.154. The maximum Gasteiger partial charge on any atom is 0.139 e. The summed E-state index contributed by atoms with van der Waals surface area (Å²) >= 11 is 1.78. The van der Waals surface area contributed by atoms with E-state index in [0.29, 0.717) is 5.82 Å². The number of hydrogen-bond acceptors (Lipinski definition) is 3. The lowest BCUT2D eigenvalue weighted by molar-refractivity contribution is 1.20. The van der Waals surface area contributed by atoms with Crippen LogP contribution in [0.3, 0.4) is 0 Å². The predicted octanol–water partition coefficient (Wildman–Crippen LogP) is 3.26. The Balaban J connectivity index is 2.31. The van der Waals surface area contributed by atoms with Crippen LogP contribution >= 0.6 is 11.3 Å². The summed E-state index contributed by atoms with van der Waals surface area (Å²) in [6.45, 7) is 4.21. The lowest BCUT2D eigenvalue weighted by Crippen LogP contribution is -1.93. The average molecular weight is 243 g/mol. The van der Waals surface area contributed by atoms with Crippen LogP contribution in [-0.4, -0.2) is 9.38 Å². The third-order valence-corrected chi connectivity index (χ3v) is 3.83. The van der Waals surface area contributed by atoms with Crippen molar-refractivity contribution < 1.29 is 0 Å². The molecule has 0 atom stereocenters. The van der Waals surface area contributed by atoms with E-state index in [0.717, 1.165) is 16.9 Å². The third-order valence-electron chi connectivity index (χ3n) is 2.86. The van der Waals surface area contributed by atoms with E-state index >= 15 is 0 Å². The van der Waals surface area contributed by atoms with Gasteiger partial charge in [-0.2, -0.15) is 0 Å². The number of pyridine rings is 1. The Morgan fingerprint density at radius 1 is 1.29 bits per heavy atom. The van der Waals surface area contributed by atoms with Gasteiger partial charge < -0.3 is 5.73 Å². The van der Waals surface area contributed by atoms with Gasteiger partial charge in [0, 0.05) is 21.5 Å². The summed E-state index contributed by atoms with van der Waals surface area (Å²) in [7, 11) is 0.